The molecular formula is C18H21N5O6. The molecule has 1 aliphatic rings. The molecule has 0 aliphatic carbocycles. The standard InChI is InChI=1S/C18H21N5O6/c1-28-18(25)13-2-4-14(5-3-13)29-17-15(23(26)27)16(19-12-20-17)22-8-6-21(7-9-22)10-11-24/h2-5,12,24H,6-11H2,1H3. The first kappa shape index (κ1) is 20.4. The van der Waals surface area contributed by atoms with Gasteiger partial charge in [0.1, 0.15) is 12.1 Å². The van der Waals surface area contributed by atoms with Crippen LogP contribution in [0.5, 0.6) is 11.6 Å². The number of nitro groups is 1. The summed E-state index contributed by atoms with van der Waals surface area (Å²) >= 11 is 0. The maximum absolute atomic E-state index is 11.7. The Morgan fingerprint density at radius 3 is 2.48 bits per heavy atom. The quantitative estimate of drug-likeness (QED) is 0.407. The summed E-state index contributed by atoms with van der Waals surface area (Å²) in [6, 6.07) is 6.00. The predicted octanol–water partition coefficient (Wildman–Crippen LogP) is 1.08. The van der Waals surface area contributed by atoms with Crippen molar-refractivity contribution < 1.29 is 24.3 Å². The fourth-order valence-electron chi connectivity index (χ4n) is 3.03. The molecule has 2 heterocycles. The smallest absolute Gasteiger partial charge is 0.373 e. The number of piperazine rings is 1. The molecule has 0 amide bonds. The van der Waals surface area contributed by atoms with Crippen LogP contribution in [0.1, 0.15) is 10.4 Å². The van der Waals surface area contributed by atoms with Gasteiger partial charge in [-0.1, -0.05) is 0 Å². The van der Waals surface area contributed by atoms with Crippen LogP contribution in [0.15, 0.2) is 30.6 Å². The van der Waals surface area contributed by atoms with Gasteiger partial charge < -0.3 is 19.5 Å². The molecule has 29 heavy (non-hydrogen) atoms. The Labute approximate surface area is 166 Å². The molecule has 0 atom stereocenters. The van der Waals surface area contributed by atoms with E-state index in [1.54, 1.807) is 4.90 Å². The molecule has 1 saturated heterocycles. The van der Waals surface area contributed by atoms with Gasteiger partial charge in [0.15, 0.2) is 0 Å². The van der Waals surface area contributed by atoms with Crippen LogP contribution in [0.2, 0.25) is 0 Å². The second-order valence-electron chi connectivity index (χ2n) is 6.28. The van der Waals surface area contributed by atoms with E-state index in [0.29, 0.717) is 38.3 Å². The first-order chi connectivity index (χ1) is 14.0. The number of anilines is 1. The molecular weight excluding hydrogens is 382 g/mol. The average Bonchev–Trinajstić information content (AvgIpc) is 2.74. The first-order valence-corrected chi connectivity index (χ1v) is 8.97. The molecule has 1 fully saturated rings. The highest BCUT2D eigenvalue weighted by atomic mass is 16.6. The SMILES string of the molecule is COC(=O)c1ccc(Oc2ncnc(N3CCN(CCO)CC3)c2[N+](=O)[O-])cc1. The zero-order valence-corrected chi connectivity index (χ0v) is 15.9. The van der Waals surface area contributed by atoms with Crippen molar-refractivity contribution in [3.05, 3.63) is 46.3 Å². The molecule has 3 rings (SSSR count). The number of carbonyl (C=O) groups excluding carboxylic acids is 1. The lowest BCUT2D eigenvalue weighted by molar-refractivity contribution is -0.385. The number of nitrogens with zero attached hydrogens (tertiary/aromatic N) is 5. The molecule has 1 aromatic carbocycles. The number of methoxy groups -OCH3 is 1. The number of rotatable bonds is 7. The second kappa shape index (κ2) is 9.26. The van der Waals surface area contributed by atoms with Crippen LogP contribution in [-0.4, -0.2) is 77.3 Å². The maximum atomic E-state index is 11.7. The van der Waals surface area contributed by atoms with Gasteiger partial charge in [-0.25, -0.2) is 9.78 Å². The predicted molar refractivity (Wildman–Crippen MR) is 102 cm³/mol. The molecule has 1 aliphatic heterocycles. The van der Waals surface area contributed by atoms with Crippen LogP contribution in [-0.2, 0) is 4.74 Å². The lowest BCUT2D eigenvalue weighted by atomic mass is 10.2. The van der Waals surface area contributed by atoms with Gasteiger partial charge >= 0.3 is 17.5 Å². The molecule has 1 N–H and O–H groups in total. The summed E-state index contributed by atoms with van der Waals surface area (Å²) < 4.78 is 10.3. The molecule has 0 bridgehead atoms. The Balaban J connectivity index is 1.82. The number of esters is 1. The fraction of sp³-hybridized carbons (Fsp3) is 0.389. The summed E-state index contributed by atoms with van der Waals surface area (Å²) in [5, 5.41) is 20.8. The van der Waals surface area contributed by atoms with Crippen molar-refractivity contribution in [3.63, 3.8) is 0 Å². The normalized spacial score (nSPS) is 14.5. The highest BCUT2D eigenvalue weighted by molar-refractivity contribution is 5.89. The average molecular weight is 403 g/mol. The molecule has 154 valence electrons. The van der Waals surface area contributed by atoms with Gasteiger partial charge in [0.05, 0.1) is 24.2 Å². The molecule has 11 heteroatoms. The summed E-state index contributed by atoms with van der Waals surface area (Å²) in [7, 11) is 1.28. The Bertz CT molecular complexity index is 868. The highest BCUT2D eigenvalue weighted by Crippen LogP contribution is 2.36. The van der Waals surface area contributed by atoms with Crippen LogP contribution in [0, 0.1) is 10.1 Å². The van der Waals surface area contributed by atoms with E-state index < -0.39 is 10.9 Å². The Hall–Kier alpha value is -3.31. The van der Waals surface area contributed by atoms with Gasteiger partial charge in [-0.2, -0.15) is 4.98 Å². The lowest BCUT2D eigenvalue weighted by Gasteiger charge is -2.34. The summed E-state index contributed by atoms with van der Waals surface area (Å²) in [5.74, 6) is -0.191. The van der Waals surface area contributed by atoms with Gasteiger partial charge in [-0.05, 0) is 24.3 Å². The van der Waals surface area contributed by atoms with E-state index >= 15 is 0 Å². The third-order valence-electron chi connectivity index (χ3n) is 4.53. The summed E-state index contributed by atoms with van der Waals surface area (Å²) in [4.78, 5) is 34.6. The van der Waals surface area contributed by atoms with Crippen molar-refractivity contribution in [2.24, 2.45) is 0 Å². The number of aliphatic hydroxyl groups excluding tert-OH is 1. The van der Waals surface area contributed by atoms with Crippen molar-refractivity contribution in [2.75, 3.05) is 51.3 Å². The number of ether oxygens (including phenoxy) is 2. The van der Waals surface area contributed by atoms with Crippen molar-refractivity contribution >= 4 is 17.5 Å². The van der Waals surface area contributed by atoms with Gasteiger partial charge in [-0.15, -0.1) is 0 Å². The minimum Gasteiger partial charge on any atom is -0.465 e. The Morgan fingerprint density at radius 2 is 1.90 bits per heavy atom. The number of carbonyl (C=O) groups is 1. The van der Waals surface area contributed by atoms with Crippen molar-refractivity contribution in [3.8, 4) is 11.6 Å². The monoisotopic (exact) mass is 403 g/mol. The largest absolute Gasteiger partial charge is 0.465 e. The highest BCUT2D eigenvalue weighted by Gasteiger charge is 2.30. The third kappa shape index (κ3) is 4.76. The Morgan fingerprint density at radius 1 is 1.21 bits per heavy atom. The molecule has 11 nitrogen and oxygen atoms in total. The maximum Gasteiger partial charge on any atom is 0.373 e. The lowest BCUT2D eigenvalue weighted by Crippen LogP contribution is -2.47. The van der Waals surface area contributed by atoms with Crippen LogP contribution in [0.25, 0.3) is 0 Å². The third-order valence-corrected chi connectivity index (χ3v) is 4.53. The summed E-state index contributed by atoms with van der Waals surface area (Å²) in [6.45, 7) is 3.02. The van der Waals surface area contributed by atoms with Crippen LogP contribution < -0.4 is 9.64 Å². The van der Waals surface area contributed by atoms with Gasteiger partial charge in [0.2, 0.25) is 5.82 Å². The number of hydrogen-bond donors (Lipinski definition) is 1. The molecule has 0 radical (unpaired) electrons. The van der Waals surface area contributed by atoms with Gasteiger partial charge in [0.25, 0.3) is 0 Å². The Kier molecular flexibility index (Phi) is 6.52. The molecule has 0 spiro atoms. The van der Waals surface area contributed by atoms with E-state index in [9.17, 15) is 14.9 Å². The summed E-state index contributed by atoms with van der Waals surface area (Å²) in [5.41, 5.74) is 0.0126. The van der Waals surface area contributed by atoms with Crippen molar-refractivity contribution in [1.82, 2.24) is 14.9 Å². The summed E-state index contributed by atoms with van der Waals surface area (Å²) in [6.07, 6.45) is 1.22. The van der Waals surface area contributed by atoms with E-state index in [4.69, 9.17) is 9.84 Å². The van der Waals surface area contributed by atoms with E-state index in [1.807, 2.05) is 0 Å². The zero-order chi connectivity index (χ0) is 20.8. The van der Waals surface area contributed by atoms with Crippen LogP contribution in [0.3, 0.4) is 0 Å². The molecule has 0 unspecified atom stereocenters. The van der Waals surface area contributed by atoms with Gasteiger partial charge in [0, 0.05) is 32.7 Å². The van der Waals surface area contributed by atoms with Gasteiger partial charge in [-0.3, -0.25) is 15.0 Å². The van der Waals surface area contributed by atoms with Crippen molar-refractivity contribution in [2.45, 2.75) is 0 Å². The minimum absolute atomic E-state index is 0.0699. The zero-order valence-electron chi connectivity index (χ0n) is 15.9. The topological polar surface area (TPSA) is 131 Å². The molecule has 2 aromatic rings. The van der Waals surface area contributed by atoms with Crippen LogP contribution in [0.4, 0.5) is 11.5 Å². The van der Waals surface area contributed by atoms with E-state index in [2.05, 4.69) is 19.6 Å². The number of benzene rings is 1. The fourth-order valence-corrected chi connectivity index (χ4v) is 3.03. The second-order valence-corrected chi connectivity index (χ2v) is 6.28. The van der Waals surface area contributed by atoms with E-state index in [1.165, 1.54) is 37.7 Å². The number of β-amino-alcohol motifs (C(OH)–C–C–N with tert-alkyl or cyclic N) is 1. The van der Waals surface area contributed by atoms with Crippen molar-refractivity contribution in [1.29, 1.82) is 0 Å². The number of hydrogen-bond acceptors (Lipinski definition) is 10. The van der Waals surface area contributed by atoms with E-state index in [-0.39, 0.29) is 29.7 Å². The van der Waals surface area contributed by atoms with Crippen LogP contribution >= 0.6 is 0 Å². The number of aliphatic hydroxyl groups is 1. The molecule has 0 saturated carbocycles. The van der Waals surface area contributed by atoms with E-state index in [0.717, 1.165) is 0 Å². The number of aromatic nitrogens is 2. The first-order valence-electron chi connectivity index (χ1n) is 8.97. The molecule has 1 aromatic heterocycles. The minimum atomic E-state index is -0.562.